The number of hydrogen-bond acceptors (Lipinski definition) is 5. The third-order valence-corrected chi connectivity index (χ3v) is 3.36. The molecule has 2 rings (SSSR count). The third-order valence-electron chi connectivity index (χ3n) is 2.54. The van der Waals surface area contributed by atoms with Gasteiger partial charge in [-0.25, -0.2) is 0 Å². The van der Waals surface area contributed by atoms with E-state index in [1.54, 1.807) is 0 Å². The van der Waals surface area contributed by atoms with E-state index in [-0.39, 0.29) is 11.4 Å². The van der Waals surface area contributed by atoms with Crippen molar-refractivity contribution >= 4 is 28.3 Å². The molecule has 1 amide bonds. The Morgan fingerprint density at radius 1 is 1.39 bits per heavy atom. The van der Waals surface area contributed by atoms with Gasteiger partial charge in [0, 0.05) is 6.54 Å². The van der Waals surface area contributed by atoms with Crippen LogP contribution in [0.15, 0.2) is 24.3 Å². The number of aryl methyl sites for hydroxylation is 1. The van der Waals surface area contributed by atoms with Crippen LogP contribution in [0.4, 0.5) is 10.8 Å². The molecule has 18 heavy (non-hydrogen) atoms. The van der Waals surface area contributed by atoms with Gasteiger partial charge in [-0.15, -0.1) is 0 Å². The van der Waals surface area contributed by atoms with Crippen LogP contribution < -0.4 is 16.8 Å². The van der Waals surface area contributed by atoms with Crippen molar-refractivity contribution in [2.75, 3.05) is 11.1 Å². The molecule has 6 heteroatoms. The third kappa shape index (κ3) is 2.60. The number of carbonyl (C=O) groups excluding carboxylic acids is 1. The van der Waals surface area contributed by atoms with E-state index in [0.29, 0.717) is 11.5 Å². The van der Waals surface area contributed by atoms with Gasteiger partial charge in [-0.3, -0.25) is 4.79 Å². The van der Waals surface area contributed by atoms with Crippen molar-refractivity contribution in [3.05, 3.63) is 41.0 Å². The summed E-state index contributed by atoms with van der Waals surface area (Å²) in [6, 6.07) is 8.12. The fourth-order valence-electron chi connectivity index (χ4n) is 1.55. The average Bonchev–Trinajstić information content (AvgIpc) is 2.70. The molecule has 0 atom stereocenters. The minimum absolute atomic E-state index is 0.180. The lowest BCUT2D eigenvalue weighted by Gasteiger charge is -2.05. The largest absolute Gasteiger partial charge is 0.382 e. The van der Waals surface area contributed by atoms with Gasteiger partial charge in [0.1, 0.15) is 10.6 Å². The van der Waals surface area contributed by atoms with Gasteiger partial charge in [-0.2, -0.15) is 4.37 Å². The van der Waals surface area contributed by atoms with Gasteiger partial charge in [0.25, 0.3) is 5.91 Å². The van der Waals surface area contributed by atoms with Crippen LogP contribution in [-0.4, -0.2) is 10.3 Å². The number of carbonyl (C=O) groups is 1. The molecule has 1 aromatic carbocycles. The van der Waals surface area contributed by atoms with E-state index in [4.69, 9.17) is 11.5 Å². The number of hydrogen-bond donors (Lipinski definition) is 3. The highest BCUT2D eigenvalue weighted by Crippen LogP contribution is 2.26. The summed E-state index contributed by atoms with van der Waals surface area (Å²) in [4.78, 5) is 11.2. The summed E-state index contributed by atoms with van der Waals surface area (Å²) in [6.45, 7) is 2.63. The van der Waals surface area contributed by atoms with Gasteiger partial charge in [0.15, 0.2) is 5.82 Å². The van der Waals surface area contributed by atoms with Crippen LogP contribution in [0.3, 0.4) is 0 Å². The number of nitrogens with two attached hydrogens (primary N) is 2. The Hall–Kier alpha value is -2.08. The fourth-order valence-corrected chi connectivity index (χ4v) is 2.26. The maximum absolute atomic E-state index is 11.2. The number of primary amides is 1. The van der Waals surface area contributed by atoms with E-state index in [2.05, 4.69) is 9.69 Å². The van der Waals surface area contributed by atoms with E-state index < -0.39 is 5.91 Å². The van der Waals surface area contributed by atoms with Crippen molar-refractivity contribution < 1.29 is 4.79 Å². The molecule has 0 bridgehead atoms. The highest BCUT2D eigenvalue weighted by Gasteiger charge is 2.16. The van der Waals surface area contributed by atoms with E-state index in [1.807, 2.05) is 31.2 Å². The molecule has 0 aliphatic heterocycles. The van der Waals surface area contributed by atoms with Gasteiger partial charge < -0.3 is 16.8 Å². The molecule has 0 fully saturated rings. The molecule has 0 spiro atoms. The van der Waals surface area contributed by atoms with E-state index in [1.165, 1.54) is 5.56 Å². The minimum Gasteiger partial charge on any atom is -0.382 e. The number of aromatic nitrogens is 1. The maximum Gasteiger partial charge on any atom is 0.255 e. The first-order valence-electron chi connectivity index (χ1n) is 5.42. The van der Waals surface area contributed by atoms with Crippen molar-refractivity contribution in [3.63, 3.8) is 0 Å². The Morgan fingerprint density at radius 2 is 2.06 bits per heavy atom. The lowest BCUT2D eigenvalue weighted by Crippen LogP contribution is -2.14. The van der Waals surface area contributed by atoms with Crippen LogP contribution in [0.5, 0.6) is 0 Å². The van der Waals surface area contributed by atoms with Crippen molar-refractivity contribution in [1.29, 1.82) is 0 Å². The number of rotatable bonds is 4. The predicted molar refractivity (Wildman–Crippen MR) is 73.5 cm³/mol. The molecule has 1 aromatic heterocycles. The molecule has 5 N–H and O–H groups in total. The molecular weight excluding hydrogens is 248 g/mol. The van der Waals surface area contributed by atoms with Crippen LogP contribution in [0.25, 0.3) is 0 Å². The zero-order chi connectivity index (χ0) is 13.1. The quantitative estimate of drug-likeness (QED) is 0.782. The van der Waals surface area contributed by atoms with Crippen LogP contribution in [0.1, 0.15) is 21.5 Å². The van der Waals surface area contributed by atoms with Crippen LogP contribution in [0.2, 0.25) is 0 Å². The summed E-state index contributed by atoms with van der Waals surface area (Å²) < 4.78 is 3.92. The first-order valence-corrected chi connectivity index (χ1v) is 6.19. The monoisotopic (exact) mass is 262 g/mol. The Morgan fingerprint density at radius 3 is 2.67 bits per heavy atom. The molecule has 1 heterocycles. The molecule has 0 radical (unpaired) electrons. The lowest BCUT2D eigenvalue weighted by atomic mass is 10.1. The van der Waals surface area contributed by atoms with Gasteiger partial charge in [-0.05, 0) is 24.0 Å². The molecule has 5 nitrogen and oxygen atoms in total. The van der Waals surface area contributed by atoms with Crippen molar-refractivity contribution in [2.45, 2.75) is 13.5 Å². The van der Waals surface area contributed by atoms with Crippen LogP contribution in [0, 0.1) is 6.92 Å². The molecular formula is C12H14N4OS. The molecule has 0 aliphatic rings. The zero-order valence-corrected chi connectivity index (χ0v) is 10.8. The first kappa shape index (κ1) is 12.4. The summed E-state index contributed by atoms with van der Waals surface area (Å²) in [5, 5.41) is 3.74. The first-order chi connectivity index (χ1) is 8.58. The van der Waals surface area contributed by atoms with Crippen LogP contribution in [-0.2, 0) is 6.54 Å². The second kappa shape index (κ2) is 5.05. The van der Waals surface area contributed by atoms with Crippen LogP contribution >= 0.6 is 11.5 Å². The summed E-state index contributed by atoms with van der Waals surface area (Å²) >= 11 is 1.14. The molecule has 0 unspecified atom stereocenters. The molecule has 2 aromatic rings. The molecule has 94 valence electrons. The Bertz CT molecular complexity index is 562. The number of amides is 1. The zero-order valence-electron chi connectivity index (χ0n) is 9.93. The maximum atomic E-state index is 11.2. The summed E-state index contributed by atoms with van der Waals surface area (Å²) in [7, 11) is 0. The number of nitrogens with zero attached hydrogens (tertiary/aromatic N) is 1. The molecule has 0 saturated heterocycles. The summed E-state index contributed by atoms with van der Waals surface area (Å²) in [5.41, 5.74) is 13.4. The lowest BCUT2D eigenvalue weighted by molar-refractivity contribution is 0.100. The minimum atomic E-state index is -0.562. The van der Waals surface area contributed by atoms with Gasteiger partial charge in [0.2, 0.25) is 0 Å². The molecule has 0 saturated carbocycles. The van der Waals surface area contributed by atoms with E-state index in [0.717, 1.165) is 17.1 Å². The standard InChI is InChI=1S/C12H14N4OS/c1-7-2-4-8(5-3-7)6-15-12-9(11(14)17)10(13)16-18-12/h2-5,15H,6H2,1H3,(H2,13,16)(H2,14,17). The second-order valence-corrected chi connectivity index (χ2v) is 4.75. The Labute approximate surface area is 109 Å². The van der Waals surface area contributed by atoms with Gasteiger partial charge in [0.05, 0.1) is 0 Å². The second-order valence-electron chi connectivity index (χ2n) is 3.98. The average molecular weight is 262 g/mol. The topological polar surface area (TPSA) is 94.0 Å². The highest BCUT2D eigenvalue weighted by molar-refractivity contribution is 7.11. The Kier molecular flexibility index (Phi) is 3.47. The molecule has 0 aliphatic carbocycles. The number of anilines is 2. The number of benzene rings is 1. The van der Waals surface area contributed by atoms with E-state index >= 15 is 0 Å². The predicted octanol–water partition coefficient (Wildman–Crippen LogP) is 1.74. The fraction of sp³-hybridized carbons (Fsp3) is 0.167. The van der Waals surface area contributed by atoms with Gasteiger partial charge in [-0.1, -0.05) is 29.8 Å². The number of nitrogens with one attached hydrogen (secondary N) is 1. The number of nitrogen functional groups attached to an aromatic ring is 1. The normalized spacial score (nSPS) is 10.3. The van der Waals surface area contributed by atoms with E-state index in [9.17, 15) is 4.79 Å². The Balaban J connectivity index is 2.11. The van der Waals surface area contributed by atoms with Gasteiger partial charge >= 0.3 is 0 Å². The smallest absolute Gasteiger partial charge is 0.255 e. The SMILES string of the molecule is Cc1ccc(CNc2snc(N)c2C(N)=O)cc1. The van der Waals surface area contributed by atoms with Crippen molar-refractivity contribution in [1.82, 2.24) is 4.37 Å². The van der Waals surface area contributed by atoms with Crippen molar-refractivity contribution in [3.8, 4) is 0 Å². The summed E-state index contributed by atoms with van der Waals surface area (Å²) in [5.74, 6) is -0.383. The highest BCUT2D eigenvalue weighted by atomic mass is 32.1. The summed E-state index contributed by atoms with van der Waals surface area (Å²) in [6.07, 6.45) is 0. The van der Waals surface area contributed by atoms with Crippen molar-refractivity contribution in [2.24, 2.45) is 5.73 Å².